The minimum Gasteiger partial charge on any atom is -0.497 e. The van der Waals surface area contributed by atoms with Crippen LogP contribution < -0.4 is 4.74 Å². The molecule has 1 aliphatic carbocycles. The minimum atomic E-state index is -0.537. The molecule has 0 amide bonds. The van der Waals surface area contributed by atoms with Crippen molar-refractivity contribution in [2.24, 2.45) is 0 Å². The lowest BCUT2D eigenvalue weighted by molar-refractivity contribution is -0.139. The highest BCUT2D eigenvalue weighted by Gasteiger charge is 2.21. The molecular formula is C18H24O4. The Hall–Kier alpha value is -1.97. The van der Waals surface area contributed by atoms with Crippen molar-refractivity contribution in [1.29, 1.82) is 0 Å². The molecule has 0 bridgehead atoms. The summed E-state index contributed by atoms with van der Waals surface area (Å²) in [6, 6.07) is 6.24. The van der Waals surface area contributed by atoms with Gasteiger partial charge in [-0.3, -0.25) is 0 Å². The smallest absolute Gasteiger partial charge is 0.377 e. The third kappa shape index (κ3) is 3.62. The molecule has 1 aromatic carbocycles. The van der Waals surface area contributed by atoms with Gasteiger partial charge in [-0.05, 0) is 49.8 Å². The largest absolute Gasteiger partial charge is 0.497 e. The average Bonchev–Trinajstić information content (AvgIpc) is 3.07. The van der Waals surface area contributed by atoms with Gasteiger partial charge in [0.05, 0.1) is 14.2 Å². The highest BCUT2D eigenvalue weighted by Crippen LogP contribution is 2.36. The van der Waals surface area contributed by atoms with Crippen LogP contribution in [0.2, 0.25) is 0 Å². The van der Waals surface area contributed by atoms with Crippen LogP contribution in [0.25, 0.3) is 0 Å². The highest BCUT2D eigenvalue weighted by molar-refractivity contribution is 5.87. The van der Waals surface area contributed by atoms with E-state index in [0.29, 0.717) is 17.4 Å². The molecule has 0 N–H and O–H groups in total. The topological polar surface area (TPSA) is 44.8 Å². The maximum Gasteiger partial charge on any atom is 0.377 e. The second-order valence-electron chi connectivity index (χ2n) is 5.69. The van der Waals surface area contributed by atoms with Crippen LogP contribution in [0.3, 0.4) is 0 Å². The van der Waals surface area contributed by atoms with Crippen molar-refractivity contribution in [2.45, 2.75) is 45.4 Å². The van der Waals surface area contributed by atoms with Crippen molar-refractivity contribution in [1.82, 2.24) is 0 Å². The van der Waals surface area contributed by atoms with E-state index in [9.17, 15) is 4.79 Å². The Morgan fingerprint density at radius 1 is 1.14 bits per heavy atom. The highest BCUT2D eigenvalue weighted by atomic mass is 16.6. The van der Waals surface area contributed by atoms with E-state index in [2.05, 4.69) is 6.07 Å². The van der Waals surface area contributed by atoms with E-state index in [-0.39, 0.29) is 5.76 Å². The van der Waals surface area contributed by atoms with E-state index in [1.807, 2.05) is 19.1 Å². The number of carbonyl (C=O) groups excluding carboxylic acids is 1. The number of hydrogen-bond acceptors (Lipinski definition) is 4. The zero-order valence-electron chi connectivity index (χ0n) is 13.8. The number of ether oxygens (including phenoxy) is 3. The molecule has 0 spiro atoms. The zero-order valence-corrected chi connectivity index (χ0v) is 13.8. The molecule has 4 heteroatoms. The van der Waals surface area contributed by atoms with Gasteiger partial charge in [0, 0.05) is 0 Å². The van der Waals surface area contributed by atoms with Crippen molar-refractivity contribution in [2.75, 3.05) is 14.2 Å². The molecule has 1 saturated carbocycles. The van der Waals surface area contributed by atoms with Gasteiger partial charge in [-0.15, -0.1) is 0 Å². The van der Waals surface area contributed by atoms with Gasteiger partial charge in [0.2, 0.25) is 5.76 Å². The molecule has 120 valence electrons. The summed E-state index contributed by atoms with van der Waals surface area (Å²) < 4.78 is 15.7. The molecule has 0 aliphatic heterocycles. The average molecular weight is 304 g/mol. The lowest BCUT2D eigenvalue weighted by Gasteiger charge is -2.16. The maximum atomic E-state index is 11.9. The van der Waals surface area contributed by atoms with Crippen LogP contribution in [0.1, 0.15) is 49.7 Å². The van der Waals surface area contributed by atoms with Crippen LogP contribution in [0.5, 0.6) is 5.75 Å². The summed E-state index contributed by atoms with van der Waals surface area (Å²) in [5.41, 5.74) is 2.25. The van der Waals surface area contributed by atoms with Gasteiger partial charge in [-0.1, -0.05) is 25.0 Å². The minimum absolute atomic E-state index is 0.0941. The number of methoxy groups -OCH3 is 2. The van der Waals surface area contributed by atoms with Gasteiger partial charge in [0.25, 0.3) is 0 Å². The Kier molecular flexibility index (Phi) is 5.47. The van der Waals surface area contributed by atoms with Crippen LogP contribution >= 0.6 is 0 Å². The molecule has 1 aliphatic rings. The predicted octanol–water partition coefficient (Wildman–Crippen LogP) is 4.08. The summed E-state index contributed by atoms with van der Waals surface area (Å²) in [4.78, 5) is 11.9. The van der Waals surface area contributed by atoms with Gasteiger partial charge in [0.15, 0.2) is 0 Å². The van der Waals surface area contributed by atoms with E-state index in [1.54, 1.807) is 6.92 Å². The maximum absolute atomic E-state index is 11.9. The van der Waals surface area contributed by atoms with Crippen LogP contribution in [-0.2, 0) is 14.3 Å². The Morgan fingerprint density at radius 2 is 1.82 bits per heavy atom. The van der Waals surface area contributed by atoms with Gasteiger partial charge in [-0.2, -0.15) is 0 Å². The molecule has 2 rings (SSSR count). The van der Waals surface area contributed by atoms with Gasteiger partial charge in [0.1, 0.15) is 11.5 Å². The number of rotatable bonds is 5. The van der Waals surface area contributed by atoms with Gasteiger partial charge in [-0.25, -0.2) is 4.79 Å². The van der Waals surface area contributed by atoms with Crippen LogP contribution in [0.4, 0.5) is 0 Å². The molecule has 0 saturated heterocycles. The van der Waals surface area contributed by atoms with Crippen molar-refractivity contribution < 1.29 is 19.0 Å². The molecule has 0 radical (unpaired) electrons. The van der Waals surface area contributed by atoms with Crippen molar-refractivity contribution in [3.05, 3.63) is 40.8 Å². The van der Waals surface area contributed by atoms with E-state index >= 15 is 0 Å². The number of hydrogen-bond donors (Lipinski definition) is 0. The fourth-order valence-electron chi connectivity index (χ4n) is 2.79. The molecule has 0 aromatic heterocycles. The molecule has 4 nitrogen and oxygen atoms in total. The SMILES string of the molecule is COC(=O)/C(Oc1cc(C2CCCC2)ccc1C)=C(\C)OC. The second-order valence-corrected chi connectivity index (χ2v) is 5.69. The van der Waals surface area contributed by atoms with E-state index in [0.717, 1.165) is 5.56 Å². The van der Waals surface area contributed by atoms with Crippen molar-refractivity contribution in [3.8, 4) is 5.75 Å². The number of allylic oxidation sites excluding steroid dienone is 1. The Morgan fingerprint density at radius 3 is 2.41 bits per heavy atom. The third-order valence-electron chi connectivity index (χ3n) is 4.25. The lowest BCUT2D eigenvalue weighted by Crippen LogP contribution is -2.14. The summed E-state index contributed by atoms with van der Waals surface area (Å²) in [5.74, 6) is 1.23. The van der Waals surface area contributed by atoms with Crippen molar-refractivity contribution >= 4 is 5.97 Å². The van der Waals surface area contributed by atoms with E-state index in [4.69, 9.17) is 14.2 Å². The number of carbonyl (C=O) groups is 1. The van der Waals surface area contributed by atoms with Crippen molar-refractivity contribution in [3.63, 3.8) is 0 Å². The van der Waals surface area contributed by atoms with Crippen LogP contribution in [0.15, 0.2) is 29.7 Å². The second kappa shape index (κ2) is 7.34. The summed E-state index contributed by atoms with van der Waals surface area (Å²) >= 11 is 0. The monoisotopic (exact) mass is 304 g/mol. The summed E-state index contributed by atoms with van der Waals surface area (Å²) in [7, 11) is 2.83. The number of benzene rings is 1. The first-order valence-electron chi connectivity index (χ1n) is 7.68. The molecule has 0 unspecified atom stereocenters. The predicted molar refractivity (Wildman–Crippen MR) is 84.7 cm³/mol. The Labute approximate surface area is 132 Å². The first-order chi connectivity index (χ1) is 10.6. The lowest BCUT2D eigenvalue weighted by atomic mass is 9.96. The number of esters is 1. The first kappa shape index (κ1) is 16.4. The normalized spacial score (nSPS) is 16.2. The Bertz CT molecular complexity index is 568. The van der Waals surface area contributed by atoms with Crippen LogP contribution in [0, 0.1) is 6.92 Å². The molecule has 0 atom stereocenters. The first-order valence-corrected chi connectivity index (χ1v) is 7.68. The van der Waals surface area contributed by atoms with E-state index < -0.39 is 5.97 Å². The summed E-state index contributed by atoms with van der Waals surface area (Å²) in [5, 5.41) is 0. The molecule has 22 heavy (non-hydrogen) atoms. The molecular weight excluding hydrogens is 280 g/mol. The molecule has 0 heterocycles. The van der Waals surface area contributed by atoms with Crippen LogP contribution in [-0.4, -0.2) is 20.2 Å². The quantitative estimate of drug-likeness (QED) is 0.467. The van der Waals surface area contributed by atoms with E-state index in [1.165, 1.54) is 45.5 Å². The summed E-state index contributed by atoms with van der Waals surface area (Å²) in [6.07, 6.45) is 5.01. The molecule has 1 aromatic rings. The summed E-state index contributed by atoms with van der Waals surface area (Å²) in [6.45, 7) is 3.65. The Balaban J connectivity index is 2.30. The zero-order chi connectivity index (χ0) is 16.1. The fourth-order valence-corrected chi connectivity index (χ4v) is 2.79. The standard InChI is InChI=1S/C18H24O4/c1-12-9-10-15(14-7-5-6-8-14)11-16(12)22-17(13(2)20-3)18(19)21-4/h9-11,14H,5-8H2,1-4H3/b17-13-. The third-order valence-corrected chi connectivity index (χ3v) is 4.25. The molecule has 1 fully saturated rings. The van der Waals surface area contributed by atoms with Gasteiger partial charge < -0.3 is 14.2 Å². The van der Waals surface area contributed by atoms with Gasteiger partial charge >= 0.3 is 5.97 Å². The fraction of sp³-hybridized carbons (Fsp3) is 0.500. The number of aryl methyl sites for hydroxylation is 1.